The Balaban J connectivity index is 2.01. The monoisotopic (exact) mass is 391 g/mol. The Bertz CT molecular complexity index is 1090. The molecule has 0 aliphatic carbocycles. The highest BCUT2D eigenvalue weighted by molar-refractivity contribution is 7.99. The molecule has 26 heavy (non-hydrogen) atoms. The maximum atomic E-state index is 11.8. The lowest BCUT2D eigenvalue weighted by Gasteiger charge is -2.04. The van der Waals surface area contributed by atoms with E-state index >= 15 is 0 Å². The van der Waals surface area contributed by atoms with Crippen molar-refractivity contribution in [3.05, 3.63) is 58.1 Å². The largest absolute Gasteiger partial charge is 0.411 e. The van der Waals surface area contributed by atoms with Gasteiger partial charge in [0, 0.05) is 11.8 Å². The quantitative estimate of drug-likeness (QED) is 0.479. The van der Waals surface area contributed by atoms with E-state index in [0.717, 1.165) is 29.1 Å². The summed E-state index contributed by atoms with van der Waals surface area (Å²) < 4.78 is 29.2. The molecule has 3 rings (SSSR count). The Morgan fingerprint density at radius 1 is 1.12 bits per heavy atom. The Kier molecular flexibility index (Phi) is 4.79. The first kappa shape index (κ1) is 18.1. The highest BCUT2D eigenvalue weighted by Crippen LogP contribution is 2.38. The summed E-state index contributed by atoms with van der Waals surface area (Å²) in [5, 5.41) is 19.4. The van der Waals surface area contributed by atoms with Crippen molar-refractivity contribution in [3.63, 3.8) is 0 Å². The van der Waals surface area contributed by atoms with Gasteiger partial charge in [-0.05, 0) is 42.4 Å². The molecule has 1 aromatic heterocycles. The first-order chi connectivity index (χ1) is 12.3. The molecule has 0 spiro atoms. The van der Waals surface area contributed by atoms with Crippen molar-refractivity contribution < 1.29 is 17.8 Å². The topological polar surface area (TPSA) is 116 Å². The molecule has 134 valence electrons. The molecule has 0 atom stereocenters. The van der Waals surface area contributed by atoms with Gasteiger partial charge in [0.05, 0.1) is 9.82 Å². The molecule has 1 heterocycles. The summed E-state index contributed by atoms with van der Waals surface area (Å²) in [7, 11) is -3.76. The van der Waals surface area contributed by atoms with Gasteiger partial charge in [0.1, 0.15) is 4.90 Å². The van der Waals surface area contributed by atoms with Crippen molar-refractivity contribution in [3.8, 4) is 11.5 Å². The summed E-state index contributed by atoms with van der Waals surface area (Å²) in [5.41, 5.74) is 1.19. The molecule has 0 unspecified atom stereocenters. The summed E-state index contributed by atoms with van der Waals surface area (Å²) in [6.45, 7) is 1.90. The van der Waals surface area contributed by atoms with Crippen molar-refractivity contribution in [1.29, 1.82) is 0 Å². The van der Waals surface area contributed by atoms with E-state index in [0.29, 0.717) is 0 Å². The maximum absolute atomic E-state index is 11.8. The van der Waals surface area contributed by atoms with Crippen LogP contribution in [0.1, 0.15) is 5.56 Å². The van der Waals surface area contributed by atoms with E-state index in [-0.39, 0.29) is 20.9 Å². The number of nitro groups is 1. The highest BCUT2D eigenvalue weighted by atomic mass is 32.2. The second-order valence-corrected chi connectivity index (χ2v) is 8.40. The Labute approximate surface area is 153 Å². The van der Waals surface area contributed by atoms with Crippen molar-refractivity contribution >= 4 is 27.3 Å². The van der Waals surface area contributed by atoms with Gasteiger partial charge in [0.25, 0.3) is 5.22 Å². The minimum absolute atomic E-state index is 0.0806. The Morgan fingerprint density at radius 2 is 1.85 bits per heavy atom. The van der Waals surface area contributed by atoms with Crippen LogP contribution in [-0.2, 0) is 9.84 Å². The maximum Gasteiger partial charge on any atom is 0.301 e. The van der Waals surface area contributed by atoms with Gasteiger partial charge in [0.2, 0.25) is 5.89 Å². The fraction of sp³-hybridized carbons (Fsp3) is 0.125. The molecule has 3 aromatic rings. The number of benzene rings is 2. The van der Waals surface area contributed by atoms with E-state index in [1.165, 1.54) is 18.2 Å². The van der Waals surface area contributed by atoms with Crippen LogP contribution in [0, 0.1) is 17.0 Å². The SMILES string of the molecule is Cc1ccccc1-c1nnc(Sc2cccc(S(C)(=O)=O)c2[N+](=O)[O-])o1. The molecule has 0 saturated carbocycles. The minimum atomic E-state index is -3.76. The molecular formula is C16H13N3O5S2. The van der Waals surface area contributed by atoms with Crippen LogP contribution in [0.2, 0.25) is 0 Å². The van der Waals surface area contributed by atoms with Crippen LogP contribution in [0.25, 0.3) is 11.5 Å². The third-order valence-electron chi connectivity index (χ3n) is 3.52. The summed E-state index contributed by atoms with van der Waals surface area (Å²) in [6.07, 6.45) is 0.923. The van der Waals surface area contributed by atoms with Gasteiger partial charge in [0.15, 0.2) is 9.84 Å². The van der Waals surface area contributed by atoms with Crippen molar-refractivity contribution in [2.45, 2.75) is 21.9 Å². The van der Waals surface area contributed by atoms with Gasteiger partial charge < -0.3 is 4.42 Å². The van der Waals surface area contributed by atoms with Gasteiger partial charge in [-0.3, -0.25) is 10.1 Å². The predicted molar refractivity (Wildman–Crippen MR) is 94.8 cm³/mol. The standard InChI is InChI=1S/C16H13N3O5S2/c1-10-6-3-4-7-11(10)15-17-18-16(24-15)25-12-8-5-9-13(26(2,22)23)14(12)19(20)21/h3-9H,1-2H3. The number of sulfone groups is 1. The number of aryl methyl sites for hydroxylation is 1. The lowest BCUT2D eigenvalue weighted by atomic mass is 10.1. The molecule has 0 radical (unpaired) electrons. The van der Waals surface area contributed by atoms with Gasteiger partial charge in [-0.2, -0.15) is 0 Å². The smallest absolute Gasteiger partial charge is 0.301 e. The van der Waals surface area contributed by atoms with Crippen molar-refractivity contribution in [1.82, 2.24) is 10.2 Å². The first-order valence-electron chi connectivity index (χ1n) is 7.32. The van der Waals surface area contributed by atoms with Crippen LogP contribution in [0.15, 0.2) is 61.9 Å². The second kappa shape index (κ2) is 6.89. The zero-order chi connectivity index (χ0) is 18.9. The van der Waals surface area contributed by atoms with Crippen LogP contribution in [0.5, 0.6) is 0 Å². The molecule has 0 aliphatic rings. The lowest BCUT2D eigenvalue weighted by Crippen LogP contribution is -2.03. The normalized spacial score (nSPS) is 11.5. The van der Waals surface area contributed by atoms with Crippen LogP contribution in [-0.4, -0.2) is 29.8 Å². The van der Waals surface area contributed by atoms with Gasteiger partial charge >= 0.3 is 5.69 Å². The fourth-order valence-electron chi connectivity index (χ4n) is 2.33. The Morgan fingerprint density at radius 3 is 2.50 bits per heavy atom. The molecule has 0 aliphatic heterocycles. The summed E-state index contributed by atoms with van der Waals surface area (Å²) in [4.78, 5) is 10.4. The number of aromatic nitrogens is 2. The van der Waals surface area contributed by atoms with Gasteiger partial charge in [-0.1, -0.05) is 24.3 Å². The first-order valence-corrected chi connectivity index (χ1v) is 10.0. The molecule has 0 fully saturated rings. The second-order valence-electron chi connectivity index (χ2n) is 5.42. The zero-order valence-corrected chi connectivity index (χ0v) is 15.4. The van der Waals surface area contributed by atoms with E-state index in [4.69, 9.17) is 4.42 Å². The summed E-state index contributed by atoms with van der Waals surface area (Å²) in [6, 6.07) is 11.5. The Hall–Kier alpha value is -2.72. The molecule has 0 bridgehead atoms. The number of rotatable bonds is 5. The molecule has 0 amide bonds. The number of nitrogens with zero attached hydrogens (tertiary/aromatic N) is 3. The van der Waals surface area contributed by atoms with Gasteiger partial charge in [-0.15, -0.1) is 10.2 Å². The molecule has 8 nitrogen and oxygen atoms in total. The molecular weight excluding hydrogens is 378 g/mol. The third-order valence-corrected chi connectivity index (χ3v) is 5.54. The van der Waals surface area contributed by atoms with Crippen LogP contribution in [0.4, 0.5) is 5.69 Å². The summed E-state index contributed by atoms with van der Waals surface area (Å²) in [5.74, 6) is 0.285. The van der Waals surface area contributed by atoms with E-state index in [1.54, 1.807) is 0 Å². The molecule has 2 aromatic carbocycles. The van der Waals surface area contributed by atoms with Crippen molar-refractivity contribution in [2.75, 3.05) is 6.26 Å². The van der Waals surface area contributed by atoms with Gasteiger partial charge in [-0.25, -0.2) is 8.42 Å². The van der Waals surface area contributed by atoms with Crippen LogP contribution in [0.3, 0.4) is 0 Å². The lowest BCUT2D eigenvalue weighted by molar-refractivity contribution is -0.390. The predicted octanol–water partition coefficient (Wildman–Crippen LogP) is 3.51. The van der Waals surface area contributed by atoms with E-state index in [2.05, 4.69) is 10.2 Å². The average Bonchev–Trinajstić information content (AvgIpc) is 3.02. The highest BCUT2D eigenvalue weighted by Gasteiger charge is 2.27. The van der Waals surface area contributed by atoms with E-state index < -0.39 is 20.4 Å². The summed E-state index contributed by atoms with van der Waals surface area (Å²) >= 11 is 0.848. The minimum Gasteiger partial charge on any atom is -0.411 e. The van der Waals surface area contributed by atoms with Crippen LogP contribution < -0.4 is 0 Å². The zero-order valence-electron chi connectivity index (χ0n) is 13.7. The number of hydrogen-bond acceptors (Lipinski definition) is 8. The van der Waals surface area contributed by atoms with E-state index in [9.17, 15) is 18.5 Å². The fourth-order valence-corrected chi connectivity index (χ4v) is 4.07. The number of para-hydroxylation sites is 1. The molecule has 0 N–H and O–H groups in total. The van der Waals surface area contributed by atoms with E-state index in [1.807, 2.05) is 31.2 Å². The molecule has 0 saturated heterocycles. The number of hydrogen-bond donors (Lipinski definition) is 0. The average molecular weight is 391 g/mol. The number of nitro benzene ring substituents is 1. The van der Waals surface area contributed by atoms with Crippen LogP contribution >= 0.6 is 11.8 Å². The third kappa shape index (κ3) is 3.60. The van der Waals surface area contributed by atoms with Crippen molar-refractivity contribution in [2.24, 2.45) is 0 Å². The molecule has 10 heteroatoms.